The highest BCUT2D eigenvalue weighted by Crippen LogP contribution is 2.26. The fourth-order valence-corrected chi connectivity index (χ4v) is 2.53. The Bertz CT molecular complexity index is 903. The van der Waals surface area contributed by atoms with Gasteiger partial charge < -0.3 is 15.8 Å². The number of anilines is 3. The first kappa shape index (κ1) is 19.4. The molecule has 0 radical (unpaired) electrons. The molecule has 26 heavy (non-hydrogen) atoms. The van der Waals surface area contributed by atoms with Crippen LogP contribution >= 0.6 is 0 Å². The number of nitrogens with zero attached hydrogens (tertiary/aromatic N) is 3. The van der Waals surface area contributed by atoms with E-state index >= 15 is 0 Å². The Morgan fingerprint density at radius 2 is 2.12 bits per heavy atom. The summed E-state index contributed by atoms with van der Waals surface area (Å²) in [5.41, 5.74) is 7.20. The van der Waals surface area contributed by atoms with Crippen molar-refractivity contribution in [3.8, 4) is 0 Å². The van der Waals surface area contributed by atoms with E-state index in [2.05, 4.69) is 15.3 Å². The largest absolute Gasteiger partial charge is 0.450 e. The van der Waals surface area contributed by atoms with E-state index in [1.807, 2.05) is 0 Å². The highest BCUT2D eigenvalue weighted by Gasteiger charge is 2.17. The molecule has 1 aromatic heterocycles. The summed E-state index contributed by atoms with van der Waals surface area (Å²) in [4.78, 5) is 19.0. The van der Waals surface area contributed by atoms with Gasteiger partial charge in [-0.15, -0.1) is 0 Å². The molecule has 0 unspecified atom stereocenters. The standard InChI is InChI=1S/C15H20N6O4S/c1-3-25-15(22)19-8-10-5-4-6-11(7-10)21(17)13-12(16)9-18-14(20-13)26(2,23)24/h4-7,9H,3,8,16-17H2,1-2H3,(H,19,22). The Labute approximate surface area is 151 Å². The van der Waals surface area contributed by atoms with Gasteiger partial charge in [-0.3, -0.25) is 5.01 Å². The fourth-order valence-electron chi connectivity index (χ4n) is 2.03. The summed E-state index contributed by atoms with van der Waals surface area (Å²) in [6.45, 7) is 2.22. The van der Waals surface area contributed by atoms with Crippen LogP contribution in [0.4, 0.5) is 22.0 Å². The van der Waals surface area contributed by atoms with Crippen molar-refractivity contribution in [3.63, 3.8) is 0 Å². The topological polar surface area (TPSA) is 154 Å². The molecule has 0 aliphatic carbocycles. The van der Waals surface area contributed by atoms with E-state index in [1.165, 1.54) is 6.20 Å². The third-order valence-electron chi connectivity index (χ3n) is 3.23. The van der Waals surface area contributed by atoms with Crippen LogP contribution < -0.4 is 21.9 Å². The number of hydrogen-bond donors (Lipinski definition) is 3. The van der Waals surface area contributed by atoms with Crippen LogP contribution in [-0.2, 0) is 21.1 Å². The van der Waals surface area contributed by atoms with Crippen LogP contribution in [0, 0.1) is 0 Å². The summed E-state index contributed by atoms with van der Waals surface area (Å²) in [6.07, 6.45) is 1.65. The first-order valence-electron chi connectivity index (χ1n) is 7.59. The van der Waals surface area contributed by atoms with Crippen LogP contribution in [-0.4, -0.2) is 37.3 Å². The first-order valence-corrected chi connectivity index (χ1v) is 9.48. The molecule has 0 bridgehead atoms. The lowest BCUT2D eigenvalue weighted by atomic mass is 10.2. The minimum Gasteiger partial charge on any atom is -0.450 e. The van der Waals surface area contributed by atoms with Crippen LogP contribution in [0.2, 0.25) is 0 Å². The zero-order valence-corrected chi connectivity index (χ0v) is 15.2. The number of rotatable bonds is 6. The first-order chi connectivity index (χ1) is 12.2. The van der Waals surface area contributed by atoms with Gasteiger partial charge in [0, 0.05) is 12.8 Å². The molecule has 0 atom stereocenters. The lowest BCUT2D eigenvalue weighted by Crippen LogP contribution is -2.28. The van der Waals surface area contributed by atoms with Gasteiger partial charge in [0.15, 0.2) is 5.82 Å². The van der Waals surface area contributed by atoms with Crippen LogP contribution in [0.1, 0.15) is 12.5 Å². The summed E-state index contributed by atoms with van der Waals surface area (Å²) in [7, 11) is -3.61. The molecule has 0 fully saturated rings. The average Bonchev–Trinajstić information content (AvgIpc) is 2.59. The van der Waals surface area contributed by atoms with Gasteiger partial charge in [0.25, 0.3) is 0 Å². The van der Waals surface area contributed by atoms with E-state index in [0.717, 1.165) is 16.8 Å². The van der Waals surface area contributed by atoms with Gasteiger partial charge in [-0.2, -0.15) is 4.98 Å². The Morgan fingerprint density at radius 3 is 2.77 bits per heavy atom. The van der Waals surface area contributed by atoms with Gasteiger partial charge in [-0.05, 0) is 24.6 Å². The third-order valence-corrected chi connectivity index (χ3v) is 4.09. The van der Waals surface area contributed by atoms with Crippen molar-refractivity contribution in [2.45, 2.75) is 18.6 Å². The molecule has 0 saturated heterocycles. The number of hydrogen-bond acceptors (Lipinski definition) is 9. The molecule has 5 N–H and O–H groups in total. The number of hydrazine groups is 1. The molecule has 0 saturated carbocycles. The van der Waals surface area contributed by atoms with Crippen molar-refractivity contribution in [1.29, 1.82) is 0 Å². The maximum atomic E-state index is 11.6. The molecule has 1 amide bonds. The van der Waals surface area contributed by atoms with Crippen LogP contribution in [0.15, 0.2) is 35.6 Å². The number of carbonyl (C=O) groups is 1. The molecule has 0 aliphatic heterocycles. The number of nitrogens with two attached hydrogens (primary N) is 2. The van der Waals surface area contributed by atoms with E-state index in [4.69, 9.17) is 16.3 Å². The molecule has 0 spiro atoms. The number of amides is 1. The number of nitrogens with one attached hydrogen (secondary N) is 1. The lowest BCUT2D eigenvalue weighted by molar-refractivity contribution is 0.151. The number of benzene rings is 1. The second kappa shape index (κ2) is 7.97. The number of nitrogen functional groups attached to an aromatic ring is 1. The van der Waals surface area contributed by atoms with Crippen molar-refractivity contribution >= 4 is 33.1 Å². The zero-order valence-electron chi connectivity index (χ0n) is 14.3. The molecule has 10 nitrogen and oxygen atoms in total. The van der Waals surface area contributed by atoms with Crippen molar-refractivity contribution < 1.29 is 17.9 Å². The quantitative estimate of drug-likeness (QED) is 0.373. The van der Waals surface area contributed by atoms with E-state index in [-0.39, 0.29) is 29.8 Å². The molecule has 1 aromatic carbocycles. The molecule has 11 heteroatoms. The maximum absolute atomic E-state index is 11.6. The van der Waals surface area contributed by atoms with Gasteiger partial charge in [0.2, 0.25) is 15.0 Å². The molecule has 140 valence electrons. The fraction of sp³-hybridized carbons (Fsp3) is 0.267. The Kier molecular flexibility index (Phi) is 5.95. The summed E-state index contributed by atoms with van der Waals surface area (Å²) >= 11 is 0. The van der Waals surface area contributed by atoms with Gasteiger partial charge >= 0.3 is 6.09 Å². The lowest BCUT2D eigenvalue weighted by Gasteiger charge is -2.20. The maximum Gasteiger partial charge on any atom is 0.407 e. The van der Waals surface area contributed by atoms with Gasteiger partial charge in [0.05, 0.1) is 24.2 Å². The van der Waals surface area contributed by atoms with Crippen LogP contribution in [0.25, 0.3) is 0 Å². The number of alkyl carbamates (subject to hydrolysis) is 1. The predicted octanol–water partition coefficient (Wildman–Crippen LogP) is 0.720. The molecular formula is C15H20N6O4S. The summed E-state index contributed by atoms with van der Waals surface area (Å²) in [6, 6.07) is 6.91. The molecule has 0 aliphatic rings. The number of ether oxygens (including phenoxy) is 1. The average molecular weight is 380 g/mol. The van der Waals surface area contributed by atoms with E-state index in [9.17, 15) is 13.2 Å². The van der Waals surface area contributed by atoms with Crippen molar-refractivity contribution in [2.24, 2.45) is 5.84 Å². The Hall–Kier alpha value is -2.92. The van der Waals surface area contributed by atoms with Crippen LogP contribution in [0.5, 0.6) is 0 Å². The summed E-state index contributed by atoms with van der Waals surface area (Å²) in [5.74, 6) is 6.11. The third kappa shape index (κ3) is 4.80. The minimum absolute atomic E-state index is 0.0518. The predicted molar refractivity (Wildman–Crippen MR) is 96.2 cm³/mol. The second-order valence-electron chi connectivity index (χ2n) is 5.32. The van der Waals surface area contributed by atoms with Crippen molar-refractivity contribution in [2.75, 3.05) is 23.6 Å². The van der Waals surface area contributed by atoms with Crippen LogP contribution in [0.3, 0.4) is 0 Å². The van der Waals surface area contributed by atoms with Crippen molar-refractivity contribution in [3.05, 3.63) is 36.0 Å². The highest BCUT2D eigenvalue weighted by molar-refractivity contribution is 7.90. The number of sulfone groups is 1. The molecule has 1 heterocycles. The van der Waals surface area contributed by atoms with E-state index in [0.29, 0.717) is 5.69 Å². The van der Waals surface area contributed by atoms with Gasteiger partial charge in [-0.25, -0.2) is 24.0 Å². The number of aromatic nitrogens is 2. The van der Waals surface area contributed by atoms with E-state index in [1.54, 1.807) is 31.2 Å². The molecular weight excluding hydrogens is 360 g/mol. The molecule has 2 aromatic rings. The monoisotopic (exact) mass is 380 g/mol. The summed E-state index contributed by atoms with van der Waals surface area (Å²) in [5, 5.41) is 3.37. The number of carbonyl (C=O) groups excluding carboxylic acids is 1. The minimum atomic E-state index is -3.61. The zero-order chi connectivity index (χ0) is 19.3. The molecule has 2 rings (SSSR count). The van der Waals surface area contributed by atoms with Gasteiger partial charge in [-0.1, -0.05) is 12.1 Å². The summed E-state index contributed by atoms with van der Waals surface area (Å²) < 4.78 is 28.1. The van der Waals surface area contributed by atoms with Gasteiger partial charge in [0.1, 0.15) is 0 Å². The Balaban J connectivity index is 2.26. The Morgan fingerprint density at radius 1 is 1.38 bits per heavy atom. The van der Waals surface area contributed by atoms with Crippen molar-refractivity contribution in [1.82, 2.24) is 15.3 Å². The highest BCUT2D eigenvalue weighted by atomic mass is 32.2. The smallest absolute Gasteiger partial charge is 0.407 e. The van der Waals surface area contributed by atoms with E-state index < -0.39 is 15.9 Å². The normalized spacial score (nSPS) is 11.0. The second-order valence-corrected chi connectivity index (χ2v) is 7.23. The SMILES string of the molecule is CCOC(=O)NCc1cccc(N(N)c2nc(S(C)(=O)=O)ncc2N)c1.